The topological polar surface area (TPSA) is 24.9 Å². The zero-order valence-corrected chi connectivity index (χ0v) is 12.8. The molecule has 102 valence electrons. The van der Waals surface area contributed by atoms with Crippen LogP contribution in [-0.4, -0.2) is 17.6 Å². The van der Waals surface area contributed by atoms with E-state index in [-0.39, 0.29) is 0 Å². The van der Waals surface area contributed by atoms with Gasteiger partial charge in [0, 0.05) is 17.3 Å². The number of hydrogen-bond acceptors (Lipinski definition) is 3. The van der Waals surface area contributed by atoms with Crippen LogP contribution in [0.4, 0.5) is 0 Å². The lowest BCUT2D eigenvalue weighted by Gasteiger charge is -2.30. The minimum absolute atomic E-state index is 0.639. The number of nitrogens with zero attached hydrogens (tertiary/aromatic N) is 1. The summed E-state index contributed by atoms with van der Waals surface area (Å²) in [4.78, 5) is 6.07. The maximum Gasteiger partial charge on any atom is 0.0946 e. The molecule has 0 spiro atoms. The van der Waals surface area contributed by atoms with Gasteiger partial charge >= 0.3 is 0 Å². The molecule has 1 fully saturated rings. The van der Waals surface area contributed by atoms with Crippen molar-refractivity contribution >= 4 is 11.3 Å². The number of nitrogens with one attached hydrogen (secondary N) is 1. The molecular formula is C15H26N2S. The lowest BCUT2D eigenvalue weighted by Crippen LogP contribution is -2.35. The van der Waals surface area contributed by atoms with E-state index in [9.17, 15) is 0 Å². The molecule has 1 aromatic heterocycles. The molecule has 0 saturated heterocycles. The van der Waals surface area contributed by atoms with Gasteiger partial charge in [0.25, 0.3) is 0 Å². The van der Waals surface area contributed by atoms with Crippen molar-refractivity contribution in [2.45, 2.75) is 65.3 Å². The smallest absolute Gasteiger partial charge is 0.0946 e. The summed E-state index contributed by atoms with van der Waals surface area (Å²) in [5, 5.41) is 5.03. The molecule has 0 radical (unpaired) electrons. The molecule has 1 saturated carbocycles. The van der Waals surface area contributed by atoms with Crippen LogP contribution in [0, 0.1) is 19.8 Å². The molecule has 1 atom stereocenters. The molecule has 0 aliphatic heterocycles. The van der Waals surface area contributed by atoms with Crippen LogP contribution in [0.15, 0.2) is 0 Å². The first-order valence-electron chi connectivity index (χ1n) is 7.35. The Hall–Kier alpha value is -0.410. The first-order chi connectivity index (χ1) is 8.69. The Morgan fingerprint density at radius 1 is 1.39 bits per heavy atom. The molecule has 1 aliphatic rings. The van der Waals surface area contributed by atoms with Gasteiger partial charge in [-0.1, -0.05) is 26.2 Å². The van der Waals surface area contributed by atoms with Gasteiger partial charge in [-0.05, 0) is 39.2 Å². The molecule has 1 heterocycles. The van der Waals surface area contributed by atoms with Crippen LogP contribution in [0.3, 0.4) is 0 Å². The van der Waals surface area contributed by atoms with E-state index in [4.69, 9.17) is 0 Å². The second kappa shape index (κ2) is 6.67. The number of aromatic nitrogens is 1. The molecule has 2 nitrogen and oxygen atoms in total. The predicted octanol–water partition coefficient (Wildman–Crippen LogP) is 3.86. The second-order valence-electron chi connectivity index (χ2n) is 5.64. The Bertz CT molecular complexity index is 349. The van der Waals surface area contributed by atoms with Gasteiger partial charge < -0.3 is 5.32 Å². The van der Waals surface area contributed by atoms with E-state index >= 15 is 0 Å². The van der Waals surface area contributed by atoms with E-state index in [1.54, 1.807) is 0 Å². The minimum Gasteiger partial charge on any atom is -0.314 e. The highest BCUT2D eigenvalue weighted by Gasteiger charge is 2.22. The van der Waals surface area contributed by atoms with E-state index in [0.29, 0.717) is 6.04 Å². The highest BCUT2D eigenvalue weighted by molar-refractivity contribution is 7.11. The molecule has 1 aromatic rings. The van der Waals surface area contributed by atoms with Crippen molar-refractivity contribution in [2.24, 2.45) is 5.92 Å². The van der Waals surface area contributed by atoms with Crippen molar-refractivity contribution < 1.29 is 0 Å². The van der Waals surface area contributed by atoms with Crippen LogP contribution in [0.1, 0.15) is 54.6 Å². The fraction of sp³-hybridized carbons (Fsp3) is 0.800. The summed E-state index contributed by atoms with van der Waals surface area (Å²) in [6.07, 6.45) is 8.02. The van der Waals surface area contributed by atoms with E-state index in [1.807, 2.05) is 11.3 Å². The van der Waals surface area contributed by atoms with Gasteiger partial charge in [0.1, 0.15) is 0 Å². The van der Waals surface area contributed by atoms with E-state index < -0.39 is 0 Å². The van der Waals surface area contributed by atoms with Crippen LogP contribution < -0.4 is 5.32 Å². The van der Waals surface area contributed by atoms with Crippen molar-refractivity contribution in [1.82, 2.24) is 10.3 Å². The van der Waals surface area contributed by atoms with Gasteiger partial charge in [0.05, 0.1) is 10.7 Å². The summed E-state index contributed by atoms with van der Waals surface area (Å²) in [6.45, 7) is 7.68. The average Bonchev–Trinajstić information content (AvgIpc) is 2.59. The number of hydrogen-bond donors (Lipinski definition) is 1. The van der Waals surface area contributed by atoms with Crippen molar-refractivity contribution in [3.05, 3.63) is 15.6 Å². The van der Waals surface area contributed by atoms with Crippen LogP contribution in [0.25, 0.3) is 0 Å². The standard InChI is InChI=1S/C15H26N2S/c1-4-8-16-14(9-13-6-5-7-13)10-15-17-11(2)12(3)18-15/h13-14,16H,4-10H2,1-3H3. The van der Waals surface area contributed by atoms with Crippen LogP contribution >= 0.6 is 11.3 Å². The summed E-state index contributed by atoms with van der Waals surface area (Å²) >= 11 is 1.88. The summed E-state index contributed by atoms with van der Waals surface area (Å²) in [6, 6.07) is 0.639. The summed E-state index contributed by atoms with van der Waals surface area (Å²) in [5.41, 5.74) is 1.22. The zero-order valence-electron chi connectivity index (χ0n) is 12.0. The Morgan fingerprint density at radius 3 is 2.67 bits per heavy atom. The first kappa shape index (κ1) is 14.0. The summed E-state index contributed by atoms with van der Waals surface area (Å²) in [5.74, 6) is 0.974. The number of thiazole rings is 1. The predicted molar refractivity (Wildman–Crippen MR) is 79.3 cm³/mol. The highest BCUT2D eigenvalue weighted by atomic mass is 32.1. The third-order valence-electron chi connectivity index (χ3n) is 4.02. The van der Waals surface area contributed by atoms with Crippen LogP contribution in [0.2, 0.25) is 0 Å². The third-order valence-corrected chi connectivity index (χ3v) is 5.11. The highest BCUT2D eigenvalue weighted by Crippen LogP contribution is 2.31. The second-order valence-corrected chi connectivity index (χ2v) is 6.92. The normalized spacial score (nSPS) is 17.7. The summed E-state index contributed by atoms with van der Waals surface area (Å²) < 4.78 is 0. The Kier molecular flexibility index (Phi) is 5.19. The summed E-state index contributed by atoms with van der Waals surface area (Å²) in [7, 11) is 0. The lowest BCUT2D eigenvalue weighted by molar-refractivity contribution is 0.259. The molecule has 1 unspecified atom stereocenters. The maximum absolute atomic E-state index is 4.69. The molecule has 0 amide bonds. The van der Waals surface area contributed by atoms with E-state index in [0.717, 1.165) is 18.9 Å². The molecule has 2 rings (SSSR count). The molecule has 1 aliphatic carbocycles. The quantitative estimate of drug-likeness (QED) is 0.810. The van der Waals surface area contributed by atoms with Crippen molar-refractivity contribution in [1.29, 1.82) is 0 Å². The fourth-order valence-electron chi connectivity index (χ4n) is 2.56. The molecule has 0 aromatic carbocycles. The van der Waals surface area contributed by atoms with E-state index in [2.05, 4.69) is 31.1 Å². The molecule has 0 bridgehead atoms. The van der Waals surface area contributed by atoms with Gasteiger partial charge in [-0.25, -0.2) is 4.98 Å². The fourth-order valence-corrected chi connectivity index (χ4v) is 3.57. The Morgan fingerprint density at radius 2 is 2.17 bits per heavy atom. The maximum atomic E-state index is 4.69. The average molecular weight is 266 g/mol. The van der Waals surface area contributed by atoms with Crippen LogP contribution in [-0.2, 0) is 6.42 Å². The number of aryl methyl sites for hydroxylation is 2. The van der Waals surface area contributed by atoms with E-state index in [1.165, 1.54) is 47.7 Å². The lowest BCUT2D eigenvalue weighted by atomic mass is 9.80. The Labute approximate surface area is 115 Å². The van der Waals surface area contributed by atoms with Crippen molar-refractivity contribution in [2.75, 3.05) is 6.54 Å². The third kappa shape index (κ3) is 3.79. The van der Waals surface area contributed by atoms with Crippen molar-refractivity contribution in [3.8, 4) is 0 Å². The van der Waals surface area contributed by atoms with Gasteiger partial charge in [-0.2, -0.15) is 0 Å². The van der Waals surface area contributed by atoms with Crippen LogP contribution in [0.5, 0.6) is 0 Å². The monoisotopic (exact) mass is 266 g/mol. The minimum atomic E-state index is 0.639. The molecular weight excluding hydrogens is 240 g/mol. The Balaban J connectivity index is 1.90. The molecule has 1 N–H and O–H groups in total. The largest absolute Gasteiger partial charge is 0.314 e. The SMILES string of the molecule is CCCNC(Cc1nc(C)c(C)s1)CC1CCC1. The van der Waals surface area contributed by atoms with Gasteiger partial charge in [0.2, 0.25) is 0 Å². The molecule has 3 heteroatoms. The van der Waals surface area contributed by atoms with Crippen molar-refractivity contribution in [3.63, 3.8) is 0 Å². The first-order valence-corrected chi connectivity index (χ1v) is 8.17. The number of rotatable bonds is 7. The van der Waals surface area contributed by atoms with Gasteiger partial charge in [-0.15, -0.1) is 11.3 Å². The molecule has 18 heavy (non-hydrogen) atoms. The van der Waals surface area contributed by atoms with Gasteiger partial charge in [0.15, 0.2) is 0 Å². The van der Waals surface area contributed by atoms with Gasteiger partial charge in [-0.3, -0.25) is 0 Å². The zero-order chi connectivity index (χ0) is 13.0.